The first-order chi connectivity index (χ1) is 29.4. The van der Waals surface area contributed by atoms with Gasteiger partial charge in [0.2, 0.25) is 0 Å². The van der Waals surface area contributed by atoms with E-state index < -0.39 is 0 Å². The molecule has 350 valence electrons. The fraction of sp³-hybridized carbons (Fsp3) is 0.800. The molecule has 0 radical (unpaired) electrons. The molecule has 10 heteroatoms. The predicted molar refractivity (Wildman–Crippen MR) is 262 cm³/mol. The highest BCUT2D eigenvalue weighted by Gasteiger charge is 2.14. The van der Waals surface area contributed by atoms with Crippen LogP contribution in [0.5, 0.6) is 0 Å². The SMILES string of the molecule is CC/C=C\CCCCOC(CCC(=O)OCCCN(C)CCSSCCN(C)CCCOC(=O)CCCCCCC/C=C\C/C=C\CCCCC)OCCCC/C=C\CC. The number of nitrogens with zero attached hydrogens (tertiary/aromatic N) is 2. The first kappa shape index (κ1) is 58.4. The molecule has 0 aromatic heterocycles. The second-order valence-corrected chi connectivity index (χ2v) is 18.5. The molecule has 0 N–H and O–H groups in total. The average Bonchev–Trinajstić information content (AvgIpc) is 3.24. The fourth-order valence-electron chi connectivity index (χ4n) is 6.17. The van der Waals surface area contributed by atoms with E-state index in [1.807, 2.05) is 21.6 Å². The highest BCUT2D eigenvalue weighted by atomic mass is 33.1. The van der Waals surface area contributed by atoms with E-state index in [4.69, 9.17) is 18.9 Å². The number of esters is 2. The summed E-state index contributed by atoms with van der Waals surface area (Å²) >= 11 is 0. The van der Waals surface area contributed by atoms with Crippen molar-refractivity contribution in [1.29, 1.82) is 0 Å². The highest BCUT2D eigenvalue weighted by molar-refractivity contribution is 8.76. The fourth-order valence-corrected chi connectivity index (χ4v) is 8.33. The van der Waals surface area contributed by atoms with Crippen LogP contribution in [-0.4, -0.2) is 106 Å². The van der Waals surface area contributed by atoms with Gasteiger partial charge in [-0.2, -0.15) is 0 Å². The maximum atomic E-state index is 12.5. The van der Waals surface area contributed by atoms with Gasteiger partial charge in [0.15, 0.2) is 6.29 Å². The van der Waals surface area contributed by atoms with Crippen LogP contribution < -0.4 is 0 Å². The quantitative estimate of drug-likeness (QED) is 0.0194. The number of hydrogen-bond donors (Lipinski definition) is 0. The molecule has 0 aliphatic carbocycles. The monoisotopic (exact) mass is 881 g/mol. The summed E-state index contributed by atoms with van der Waals surface area (Å²) in [6.45, 7) is 12.7. The summed E-state index contributed by atoms with van der Waals surface area (Å²) in [5.74, 6) is 1.90. The lowest BCUT2D eigenvalue weighted by atomic mass is 10.1. The number of allylic oxidation sites excluding steroid dienone is 8. The summed E-state index contributed by atoms with van der Waals surface area (Å²) < 4.78 is 23.1. The first-order valence-electron chi connectivity index (χ1n) is 24.2. The van der Waals surface area contributed by atoms with E-state index in [-0.39, 0.29) is 18.2 Å². The molecule has 0 bridgehead atoms. The summed E-state index contributed by atoms with van der Waals surface area (Å²) in [5, 5.41) is 0. The van der Waals surface area contributed by atoms with Crippen LogP contribution in [0.4, 0.5) is 0 Å². The van der Waals surface area contributed by atoms with E-state index in [2.05, 4.69) is 93.3 Å². The Labute approximate surface area is 378 Å². The van der Waals surface area contributed by atoms with E-state index in [9.17, 15) is 9.59 Å². The van der Waals surface area contributed by atoms with Crippen molar-refractivity contribution in [3.8, 4) is 0 Å². The number of rotatable bonds is 46. The minimum atomic E-state index is -0.357. The van der Waals surface area contributed by atoms with Gasteiger partial charge < -0.3 is 28.7 Å². The Bertz CT molecular complexity index is 1030. The van der Waals surface area contributed by atoms with Crippen molar-refractivity contribution < 1.29 is 28.5 Å². The molecule has 0 aliphatic heterocycles. The summed E-state index contributed by atoms with van der Waals surface area (Å²) in [4.78, 5) is 29.2. The second-order valence-electron chi connectivity index (χ2n) is 15.8. The van der Waals surface area contributed by atoms with Gasteiger partial charge in [-0.3, -0.25) is 9.59 Å². The first-order valence-corrected chi connectivity index (χ1v) is 26.7. The maximum absolute atomic E-state index is 12.5. The standard InChI is InChI=1S/C50H92N2O6S2/c1-6-9-12-15-18-19-20-21-22-23-24-25-26-27-30-35-48(53)55-44-33-38-51(4)40-46-59-60-47-41-52(5)39-34-45-56-49(54)36-37-50(57-42-31-28-16-13-10-7-2)58-43-32-29-17-14-11-8-3/h10-11,13-14,18-19,21-22,50H,6-9,12,15-17,20,23-47H2,1-5H3/b13-10-,14-11-,19-18-,22-21-. The Balaban J connectivity index is 3.81. The molecule has 0 amide bonds. The third-order valence-electron chi connectivity index (χ3n) is 9.95. The number of ether oxygens (including phenoxy) is 4. The Morgan fingerprint density at radius 3 is 1.45 bits per heavy atom. The van der Waals surface area contributed by atoms with Crippen LogP contribution in [0.1, 0.15) is 175 Å². The number of hydrogen-bond acceptors (Lipinski definition) is 10. The molecule has 60 heavy (non-hydrogen) atoms. The van der Waals surface area contributed by atoms with Crippen molar-refractivity contribution in [3.05, 3.63) is 48.6 Å². The van der Waals surface area contributed by atoms with Gasteiger partial charge in [-0.15, -0.1) is 0 Å². The molecule has 0 atom stereocenters. The molecule has 0 aromatic carbocycles. The van der Waals surface area contributed by atoms with E-state index in [1.165, 1.54) is 44.9 Å². The summed E-state index contributed by atoms with van der Waals surface area (Å²) in [6.07, 6.45) is 42.3. The van der Waals surface area contributed by atoms with Crippen LogP contribution >= 0.6 is 21.6 Å². The van der Waals surface area contributed by atoms with Crippen molar-refractivity contribution in [3.63, 3.8) is 0 Å². The van der Waals surface area contributed by atoms with Crippen LogP contribution in [0.2, 0.25) is 0 Å². The molecule has 8 nitrogen and oxygen atoms in total. The summed E-state index contributed by atoms with van der Waals surface area (Å²) in [6, 6.07) is 0. The lowest BCUT2D eigenvalue weighted by Crippen LogP contribution is -2.24. The number of unbranched alkanes of at least 4 members (excludes halogenated alkanes) is 12. The second kappa shape index (κ2) is 48.5. The maximum Gasteiger partial charge on any atom is 0.305 e. The van der Waals surface area contributed by atoms with Crippen molar-refractivity contribution >= 4 is 33.5 Å². The zero-order valence-electron chi connectivity index (χ0n) is 39.4. The van der Waals surface area contributed by atoms with Gasteiger partial charge in [-0.25, -0.2) is 0 Å². The normalized spacial score (nSPS) is 12.3. The average molecular weight is 881 g/mol. The Kier molecular flexibility index (Phi) is 47.2. The molecular weight excluding hydrogens is 789 g/mol. The molecule has 0 saturated carbocycles. The van der Waals surface area contributed by atoms with Crippen LogP contribution in [-0.2, 0) is 28.5 Å². The number of carbonyl (C=O) groups excluding carboxylic acids is 2. The summed E-state index contributed by atoms with van der Waals surface area (Å²) in [7, 11) is 8.09. The lowest BCUT2D eigenvalue weighted by molar-refractivity contribution is -0.159. The molecule has 0 fully saturated rings. The topological polar surface area (TPSA) is 77.5 Å². The van der Waals surface area contributed by atoms with Gasteiger partial charge in [-0.05, 0) is 117 Å². The van der Waals surface area contributed by atoms with Crippen LogP contribution in [0.15, 0.2) is 48.6 Å². The molecular formula is C50H92N2O6S2. The molecule has 0 spiro atoms. The molecule has 0 aliphatic rings. The van der Waals surface area contributed by atoms with Crippen LogP contribution in [0.3, 0.4) is 0 Å². The van der Waals surface area contributed by atoms with E-state index in [0.29, 0.717) is 45.7 Å². The van der Waals surface area contributed by atoms with Gasteiger partial charge >= 0.3 is 11.9 Å². The largest absolute Gasteiger partial charge is 0.466 e. The summed E-state index contributed by atoms with van der Waals surface area (Å²) in [5.41, 5.74) is 0. The highest BCUT2D eigenvalue weighted by Crippen LogP contribution is 2.21. The Morgan fingerprint density at radius 1 is 0.483 bits per heavy atom. The van der Waals surface area contributed by atoms with E-state index >= 15 is 0 Å². The third kappa shape index (κ3) is 46.0. The zero-order chi connectivity index (χ0) is 43.8. The van der Waals surface area contributed by atoms with E-state index in [1.54, 1.807) is 0 Å². The Morgan fingerprint density at radius 2 is 0.933 bits per heavy atom. The molecule has 0 unspecified atom stereocenters. The minimum Gasteiger partial charge on any atom is -0.466 e. The van der Waals surface area contributed by atoms with Gasteiger partial charge in [0, 0.05) is 63.7 Å². The molecule has 0 heterocycles. The smallest absolute Gasteiger partial charge is 0.305 e. The minimum absolute atomic E-state index is 0.0497. The predicted octanol–water partition coefficient (Wildman–Crippen LogP) is 13.3. The van der Waals surface area contributed by atoms with Crippen molar-refractivity contribution in [2.75, 3.05) is 78.2 Å². The van der Waals surface area contributed by atoms with Crippen LogP contribution in [0, 0.1) is 0 Å². The van der Waals surface area contributed by atoms with Crippen LogP contribution in [0.25, 0.3) is 0 Å². The van der Waals surface area contributed by atoms with Gasteiger partial charge in [0.1, 0.15) is 0 Å². The van der Waals surface area contributed by atoms with E-state index in [0.717, 1.165) is 128 Å². The molecule has 0 saturated heterocycles. The van der Waals surface area contributed by atoms with Crippen molar-refractivity contribution in [2.24, 2.45) is 0 Å². The van der Waals surface area contributed by atoms with Gasteiger partial charge in [0.05, 0.1) is 19.6 Å². The van der Waals surface area contributed by atoms with Crippen molar-refractivity contribution in [1.82, 2.24) is 9.80 Å². The molecule has 0 rings (SSSR count). The number of carbonyl (C=O) groups is 2. The zero-order valence-corrected chi connectivity index (χ0v) is 41.0. The molecule has 0 aromatic rings. The third-order valence-corrected chi connectivity index (χ3v) is 12.3. The van der Waals surface area contributed by atoms with Crippen molar-refractivity contribution in [2.45, 2.75) is 181 Å². The lowest BCUT2D eigenvalue weighted by Gasteiger charge is -2.19. The Hall–Kier alpha value is -1.56. The van der Waals surface area contributed by atoms with Gasteiger partial charge in [-0.1, -0.05) is 123 Å². The van der Waals surface area contributed by atoms with Gasteiger partial charge in [0.25, 0.3) is 0 Å².